The van der Waals surface area contributed by atoms with Crippen molar-refractivity contribution in [2.45, 2.75) is 18.8 Å². The maximum absolute atomic E-state index is 11.6. The van der Waals surface area contributed by atoms with Gasteiger partial charge in [-0.3, -0.25) is 4.79 Å². The number of nitrogens with zero attached hydrogens (tertiary/aromatic N) is 3. The lowest BCUT2D eigenvalue weighted by molar-refractivity contribution is 0.100. The van der Waals surface area contributed by atoms with Crippen LogP contribution in [0.2, 0.25) is 0 Å². The summed E-state index contributed by atoms with van der Waals surface area (Å²) in [6.45, 7) is 0. The smallest absolute Gasteiger partial charge is 0.248 e. The first-order chi connectivity index (χ1) is 12.0. The Morgan fingerprint density at radius 3 is 2.64 bits per heavy atom. The molecule has 0 aliphatic heterocycles. The van der Waals surface area contributed by atoms with Crippen LogP contribution in [0.3, 0.4) is 0 Å². The minimum Gasteiger partial charge on any atom is -0.384 e. The number of amides is 1. The van der Waals surface area contributed by atoms with Crippen LogP contribution in [-0.2, 0) is 7.05 Å². The second-order valence-corrected chi connectivity index (χ2v) is 6.47. The zero-order chi connectivity index (χ0) is 17.6. The van der Waals surface area contributed by atoms with Gasteiger partial charge in [0, 0.05) is 42.2 Å². The zero-order valence-corrected chi connectivity index (χ0v) is 13.9. The molecule has 4 N–H and O–H groups in total. The fourth-order valence-electron chi connectivity index (χ4n) is 3.08. The van der Waals surface area contributed by atoms with Crippen LogP contribution in [0.4, 0.5) is 5.82 Å². The summed E-state index contributed by atoms with van der Waals surface area (Å²) >= 11 is 0. The van der Waals surface area contributed by atoms with Crippen molar-refractivity contribution < 1.29 is 4.79 Å². The van der Waals surface area contributed by atoms with Crippen LogP contribution in [0.15, 0.2) is 42.7 Å². The zero-order valence-electron chi connectivity index (χ0n) is 13.9. The average Bonchev–Trinajstić information content (AvgIpc) is 3.35. The van der Waals surface area contributed by atoms with Gasteiger partial charge in [-0.1, -0.05) is 6.07 Å². The number of nitrogen functional groups attached to an aromatic ring is 1. The van der Waals surface area contributed by atoms with Gasteiger partial charge in [0.2, 0.25) is 5.91 Å². The molecule has 1 fully saturated rings. The molecule has 1 aliphatic rings. The molecule has 6 nitrogen and oxygen atoms in total. The lowest BCUT2D eigenvalue weighted by Gasteiger charge is -2.13. The van der Waals surface area contributed by atoms with Crippen LogP contribution < -0.4 is 11.5 Å². The monoisotopic (exact) mass is 333 g/mol. The van der Waals surface area contributed by atoms with Crippen molar-refractivity contribution in [3.8, 4) is 22.5 Å². The molecule has 2 aromatic heterocycles. The molecule has 0 radical (unpaired) electrons. The van der Waals surface area contributed by atoms with Crippen molar-refractivity contribution in [3.05, 3.63) is 54.0 Å². The number of hydrogen-bond donors (Lipinski definition) is 2. The third-order valence-corrected chi connectivity index (χ3v) is 4.54. The third-order valence-electron chi connectivity index (χ3n) is 4.54. The van der Waals surface area contributed by atoms with E-state index in [1.54, 1.807) is 18.3 Å². The van der Waals surface area contributed by atoms with E-state index in [4.69, 9.17) is 11.5 Å². The fraction of sp³-hybridized carbons (Fsp3) is 0.211. The van der Waals surface area contributed by atoms with Gasteiger partial charge in [0.1, 0.15) is 11.6 Å². The van der Waals surface area contributed by atoms with Gasteiger partial charge in [0.25, 0.3) is 0 Å². The highest BCUT2D eigenvalue weighted by atomic mass is 16.1. The van der Waals surface area contributed by atoms with Crippen molar-refractivity contribution >= 4 is 11.7 Å². The predicted molar refractivity (Wildman–Crippen MR) is 96.8 cm³/mol. The van der Waals surface area contributed by atoms with Gasteiger partial charge in [0.05, 0.1) is 0 Å². The van der Waals surface area contributed by atoms with E-state index in [-0.39, 0.29) is 0 Å². The lowest BCUT2D eigenvalue weighted by Crippen LogP contribution is -2.11. The summed E-state index contributed by atoms with van der Waals surface area (Å²) < 4.78 is 1.91. The topological polar surface area (TPSA) is 99.8 Å². The normalized spacial score (nSPS) is 13.8. The Morgan fingerprint density at radius 2 is 2.00 bits per heavy atom. The summed E-state index contributed by atoms with van der Waals surface area (Å²) in [5, 5.41) is 0. The van der Waals surface area contributed by atoms with Gasteiger partial charge in [-0.2, -0.15) is 0 Å². The minimum absolute atomic E-state index is 0.450. The molecule has 1 amide bonds. The number of aromatic nitrogens is 3. The first-order valence-electron chi connectivity index (χ1n) is 8.22. The number of aryl methyl sites for hydroxylation is 1. The molecule has 4 rings (SSSR count). The highest BCUT2D eigenvalue weighted by Crippen LogP contribution is 2.41. The predicted octanol–water partition coefficient (Wildman–Crippen LogP) is 2.71. The highest BCUT2D eigenvalue weighted by Gasteiger charge is 2.26. The van der Waals surface area contributed by atoms with E-state index in [1.807, 2.05) is 29.9 Å². The summed E-state index contributed by atoms with van der Waals surface area (Å²) in [5.74, 6) is 1.31. The maximum atomic E-state index is 11.6. The van der Waals surface area contributed by atoms with Gasteiger partial charge in [-0.15, -0.1) is 0 Å². The largest absolute Gasteiger partial charge is 0.384 e. The summed E-state index contributed by atoms with van der Waals surface area (Å²) in [7, 11) is 1.92. The molecule has 126 valence electrons. The SMILES string of the molecule is Cn1ccnc1-c1cc(C(N)=O)ccc1-c1cc(N)nc(C2CC2)c1. The molecule has 0 bridgehead atoms. The standard InChI is InChI=1S/C19H19N5O/c1-24-7-6-22-19(24)15-8-12(18(21)25)4-5-14(15)13-9-16(11-2-3-11)23-17(20)10-13/h4-11H,2-3H2,1H3,(H2,20,23)(H2,21,25). The van der Waals surface area contributed by atoms with Crippen molar-refractivity contribution in [2.75, 3.05) is 5.73 Å². The number of rotatable bonds is 4. The van der Waals surface area contributed by atoms with E-state index >= 15 is 0 Å². The number of imidazole rings is 1. The van der Waals surface area contributed by atoms with E-state index in [0.29, 0.717) is 17.3 Å². The molecule has 1 aromatic carbocycles. The molecule has 0 saturated heterocycles. The van der Waals surface area contributed by atoms with E-state index in [2.05, 4.69) is 16.0 Å². The number of hydrogen-bond acceptors (Lipinski definition) is 4. The highest BCUT2D eigenvalue weighted by molar-refractivity contribution is 5.96. The quantitative estimate of drug-likeness (QED) is 0.766. The van der Waals surface area contributed by atoms with Crippen LogP contribution in [0.5, 0.6) is 0 Å². The second kappa shape index (κ2) is 5.73. The second-order valence-electron chi connectivity index (χ2n) is 6.47. The Kier molecular flexibility index (Phi) is 3.53. The molecule has 2 heterocycles. The molecule has 0 atom stereocenters. The molecule has 0 unspecified atom stereocenters. The molecule has 1 aliphatic carbocycles. The Labute approximate surface area is 145 Å². The molecule has 1 saturated carbocycles. The van der Waals surface area contributed by atoms with Gasteiger partial charge in [-0.05, 0) is 48.2 Å². The molecule has 3 aromatic rings. The van der Waals surface area contributed by atoms with Crippen molar-refractivity contribution in [3.63, 3.8) is 0 Å². The summed E-state index contributed by atoms with van der Waals surface area (Å²) in [4.78, 5) is 20.5. The van der Waals surface area contributed by atoms with Crippen LogP contribution >= 0.6 is 0 Å². The Hall–Kier alpha value is -3.15. The first-order valence-corrected chi connectivity index (χ1v) is 8.22. The number of carbonyl (C=O) groups is 1. The van der Waals surface area contributed by atoms with Crippen LogP contribution in [0.25, 0.3) is 22.5 Å². The van der Waals surface area contributed by atoms with Gasteiger partial charge in [-0.25, -0.2) is 9.97 Å². The summed E-state index contributed by atoms with van der Waals surface area (Å²) in [6, 6.07) is 9.36. The van der Waals surface area contributed by atoms with Gasteiger partial charge >= 0.3 is 0 Å². The van der Waals surface area contributed by atoms with E-state index < -0.39 is 5.91 Å². The molecule has 25 heavy (non-hydrogen) atoms. The molecular weight excluding hydrogens is 314 g/mol. The summed E-state index contributed by atoms with van der Waals surface area (Å²) in [5.41, 5.74) is 15.7. The summed E-state index contributed by atoms with van der Waals surface area (Å²) in [6.07, 6.45) is 5.91. The lowest BCUT2D eigenvalue weighted by atomic mass is 9.96. The average molecular weight is 333 g/mol. The van der Waals surface area contributed by atoms with Crippen molar-refractivity contribution in [1.29, 1.82) is 0 Å². The van der Waals surface area contributed by atoms with Crippen LogP contribution in [-0.4, -0.2) is 20.4 Å². The Morgan fingerprint density at radius 1 is 1.20 bits per heavy atom. The molecule has 6 heteroatoms. The van der Waals surface area contributed by atoms with Gasteiger partial charge in [0.15, 0.2) is 0 Å². The van der Waals surface area contributed by atoms with Crippen molar-refractivity contribution in [1.82, 2.24) is 14.5 Å². The number of anilines is 1. The van der Waals surface area contributed by atoms with E-state index in [0.717, 1.165) is 41.1 Å². The fourth-order valence-corrected chi connectivity index (χ4v) is 3.08. The minimum atomic E-state index is -0.463. The Bertz CT molecular complexity index is 972. The van der Waals surface area contributed by atoms with E-state index in [9.17, 15) is 4.79 Å². The number of pyridine rings is 1. The van der Waals surface area contributed by atoms with Crippen molar-refractivity contribution in [2.24, 2.45) is 12.8 Å². The number of nitrogens with two attached hydrogens (primary N) is 2. The molecular formula is C19H19N5O. The maximum Gasteiger partial charge on any atom is 0.248 e. The number of carbonyl (C=O) groups excluding carboxylic acids is 1. The van der Waals surface area contributed by atoms with Crippen LogP contribution in [0, 0.1) is 0 Å². The van der Waals surface area contributed by atoms with E-state index in [1.165, 1.54) is 0 Å². The number of primary amides is 1. The Balaban J connectivity index is 1.92. The van der Waals surface area contributed by atoms with Gasteiger partial charge < -0.3 is 16.0 Å². The first kappa shape index (κ1) is 15.4. The van der Waals surface area contributed by atoms with Crippen LogP contribution in [0.1, 0.15) is 34.8 Å². The third kappa shape index (κ3) is 2.87. The molecule has 0 spiro atoms. The number of benzene rings is 1.